The molecule has 0 atom stereocenters. The summed E-state index contributed by atoms with van der Waals surface area (Å²) in [4.78, 5) is 14.5. The predicted molar refractivity (Wildman–Crippen MR) is 98.0 cm³/mol. The van der Waals surface area contributed by atoms with Crippen molar-refractivity contribution in [3.63, 3.8) is 0 Å². The number of allylic oxidation sites excluding steroid dienone is 1. The zero-order valence-corrected chi connectivity index (χ0v) is 14.5. The average Bonchev–Trinajstić information content (AvgIpc) is 2.66. The van der Waals surface area contributed by atoms with Crippen molar-refractivity contribution in [3.05, 3.63) is 65.7 Å². The zero-order chi connectivity index (χ0) is 19.3. The summed E-state index contributed by atoms with van der Waals surface area (Å²) in [6, 6.07) is 12.8. The second-order valence-electron chi connectivity index (χ2n) is 6.10. The molecule has 0 bridgehead atoms. The van der Waals surface area contributed by atoms with Crippen molar-refractivity contribution in [1.29, 1.82) is 0 Å². The van der Waals surface area contributed by atoms with Gasteiger partial charge in [0.25, 0.3) is 0 Å². The van der Waals surface area contributed by atoms with Crippen LogP contribution in [-0.2, 0) is 0 Å². The van der Waals surface area contributed by atoms with Crippen LogP contribution >= 0.6 is 0 Å². The molecule has 0 aliphatic carbocycles. The van der Waals surface area contributed by atoms with Crippen LogP contribution < -0.4 is 15.0 Å². The van der Waals surface area contributed by atoms with Gasteiger partial charge in [0.2, 0.25) is 0 Å². The van der Waals surface area contributed by atoms with E-state index in [1.54, 1.807) is 18.2 Å². The highest BCUT2D eigenvalue weighted by Gasteiger charge is 2.31. The van der Waals surface area contributed by atoms with Gasteiger partial charge in [0, 0.05) is 37.4 Å². The number of rotatable bonds is 5. The number of hydrogen-bond acceptors (Lipinski definition) is 4. The zero-order valence-electron chi connectivity index (χ0n) is 14.5. The molecule has 142 valence electrons. The van der Waals surface area contributed by atoms with E-state index in [2.05, 4.69) is 15.0 Å². The van der Waals surface area contributed by atoms with Gasteiger partial charge < -0.3 is 15.0 Å². The Balaban J connectivity index is 1.65. The first-order valence-corrected chi connectivity index (χ1v) is 8.55. The minimum absolute atomic E-state index is 0.219. The van der Waals surface area contributed by atoms with Gasteiger partial charge >= 0.3 is 6.36 Å². The standard InChI is InChI=1S/C20H19F3N2O2/c21-20(22,23)27-18-3-1-2-15(14-18)4-9-19(26)16-5-7-17(8-6-16)25-12-10-24-11-13-25/h1-9,14,24H,10-13H2/b9-4+. The van der Waals surface area contributed by atoms with Crippen LogP contribution in [-0.4, -0.2) is 38.3 Å². The number of carbonyl (C=O) groups is 1. The van der Waals surface area contributed by atoms with Gasteiger partial charge in [0.15, 0.2) is 5.78 Å². The Hall–Kier alpha value is -2.80. The molecule has 0 aromatic heterocycles. The van der Waals surface area contributed by atoms with Crippen LogP contribution in [0.5, 0.6) is 5.75 Å². The van der Waals surface area contributed by atoms with Gasteiger partial charge in [-0.05, 0) is 48.0 Å². The quantitative estimate of drug-likeness (QED) is 0.635. The molecular weight excluding hydrogens is 357 g/mol. The fourth-order valence-corrected chi connectivity index (χ4v) is 2.84. The third-order valence-corrected chi connectivity index (χ3v) is 4.15. The third kappa shape index (κ3) is 5.59. The smallest absolute Gasteiger partial charge is 0.406 e. The summed E-state index contributed by atoms with van der Waals surface area (Å²) in [5.74, 6) is -0.540. The van der Waals surface area contributed by atoms with Crippen LogP contribution in [0.25, 0.3) is 6.08 Å². The highest BCUT2D eigenvalue weighted by molar-refractivity contribution is 6.07. The Kier molecular flexibility index (Phi) is 5.81. The fourth-order valence-electron chi connectivity index (χ4n) is 2.84. The maximum absolute atomic E-state index is 12.3. The van der Waals surface area contributed by atoms with Gasteiger partial charge in [-0.1, -0.05) is 18.2 Å². The summed E-state index contributed by atoms with van der Waals surface area (Å²) >= 11 is 0. The lowest BCUT2D eigenvalue weighted by Gasteiger charge is -2.29. The van der Waals surface area contributed by atoms with E-state index < -0.39 is 6.36 Å². The normalized spacial score (nSPS) is 15.1. The molecular formula is C20H19F3N2O2. The number of carbonyl (C=O) groups excluding carboxylic acids is 1. The van der Waals surface area contributed by atoms with E-state index in [1.807, 2.05) is 12.1 Å². The van der Waals surface area contributed by atoms with Gasteiger partial charge in [-0.3, -0.25) is 4.79 Å². The summed E-state index contributed by atoms with van der Waals surface area (Å²) in [5.41, 5.74) is 2.03. The maximum Gasteiger partial charge on any atom is 0.573 e. The molecule has 27 heavy (non-hydrogen) atoms. The molecule has 0 radical (unpaired) electrons. The molecule has 1 aliphatic heterocycles. The lowest BCUT2D eigenvalue weighted by Crippen LogP contribution is -2.43. The minimum atomic E-state index is -4.75. The predicted octanol–water partition coefficient (Wildman–Crippen LogP) is 3.89. The van der Waals surface area contributed by atoms with Crippen molar-refractivity contribution >= 4 is 17.5 Å². The number of benzene rings is 2. The molecule has 3 rings (SSSR count). The monoisotopic (exact) mass is 376 g/mol. The molecule has 4 nitrogen and oxygen atoms in total. The first kappa shape index (κ1) is 19.0. The van der Waals surface area contributed by atoms with Gasteiger partial charge in [-0.25, -0.2) is 0 Å². The van der Waals surface area contributed by atoms with E-state index in [0.29, 0.717) is 11.1 Å². The van der Waals surface area contributed by atoms with E-state index >= 15 is 0 Å². The SMILES string of the molecule is O=C(/C=C/c1cccc(OC(F)(F)F)c1)c1ccc(N2CCNCC2)cc1. The van der Waals surface area contributed by atoms with E-state index in [0.717, 1.165) is 31.9 Å². The molecule has 7 heteroatoms. The van der Waals surface area contributed by atoms with Crippen LogP contribution in [0, 0.1) is 0 Å². The van der Waals surface area contributed by atoms with Gasteiger partial charge in [-0.15, -0.1) is 13.2 Å². The average molecular weight is 376 g/mol. The number of hydrogen-bond donors (Lipinski definition) is 1. The lowest BCUT2D eigenvalue weighted by molar-refractivity contribution is -0.274. The Bertz CT molecular complexity index is 811. The van der Waals surface area contributed by atoms with Crippen molar-refractivity contribution < 1.29 is 22.7 Å². The Morgan fingerprint density at radius 3 is 2.44 bits per heavy atom. The van der Waals surface area contributed by atoms with Crippen LogP contribution in [0.15, 0.2) is 54.6 Å². The molecule has 1 aliphatic rings. The topological polar surface area (TPSA) is 41.6 Å². The van der Waals surface area contributed by atoms with Crippen molar-refractivity contribution in [2.45, 2.75) is 6.36 Å². The number of anilines is 1. The highest BCUT2D eigenvalue weighted by atomic mass is 19.4. The van der Waals surface area contributed by atoms with Crippen molar-refractivity contribution in [2.24, 2.45) is 0 Å². The fraction of sp³-hybridized carbons (Fsp3) is 0.250. The molecule has 1 fully saturated rings. The lowest BCUT2D eigenvalue weighted by atomic mass is 10.1. The summed E-state index contributed by atoms with van der Waals surface area (Å²) in [7, 11) is 0. The second kappa shape index (κ2) is 8.26. The molecule has 0 unspecified atom stereocenters. The first-order valence-electron chi connectivity index (χ1n) is 8.55. The summed E-state index contributed by atoms with van der Waals surface area (Å²) in [5, 5.41) is 3.29. The summed E-state index contributed by atoms with van der Waals surface area (Å²) < 4.78 is 40.7. The number of alkyl halides is 3. The maximum atomic E-state index is 12.3. The Labute approximate surface area is 155 Å². The Morgan fingerprint density at radius 1 is 1.07 bits per heavy atom. The number of halogens is 3. The van der Waals surface area contributed by atoms with E-state index in [4.69, 9.17) is 0 Å². The van der Waals surface area contributed by atoms with Crippen molar-refractivity contribution in [2.75, 3.05) is 31.1 Å². The molecule has 0 spiro atoms. The molecule has 2 aromatic rings. The third-order valence-electron chi connectivity index (χ3n) is 4.15. The van der Waals surface area contributed by atoms with Gasteiger partial charge in [0.05, 0.1) is 0 Å². The molecule has 0 saturated carbocycles. The molecule has 1 N–H and O–H groups in total. The van der Waals surface area contributed by atoms with Crippen molar-refractivity contribution in [3.8, 4) is 5.75 Å². The number of ether oxygens (including phenoxy) is 1. The largest absolute Gasteiger partial charge is 0.573 e. The molecule has 2 aromatic carbocycles. The second-order valence-corrected chi connectivity index (χ2v) is 6.10. The number of nitrogens with zero attached hydrogens (tertiary/aromatic N) is 1. The first-order chi connectivity index (χ1) is 12.9. The van der Waals surface area contributed by atoms with E-state index in [1.165, 1.54) is 30.4 Å². The van der Waals surface area contributed by atoms with Gasteiger partial charge in [0.1, 0.15) is 5.75 Å². The molecule has 1 heterocycles. The molecule has 1 saturated heterocycles. The number of ketones is 1. The van der Waals surface area contributed by atoms with E-state index in [-0.39, 0.29) is 11.5 Å². The van der Waals surface area contributed by atoms with Crippen LogP contribution in [0.1, 0.15) is 15.9 Å². The number of nitrogens with one attached hydrogen (secondary N) is 1. The van der Waals surface area contributed by atoms with Gasteiger partial charge in [-0.2, -0.15) is 0 Å². The summed E-state index contributed by atoms with van der Waals surface area (Å²) in [6.45, 7) is 3.70. The van der Waals surface area contributed by atoms with Crippen molar-refractivity contribution in [1.82, 2.24) is 5.32 Å². The Morgan fingerprint density at radius 2 is 1.78 bits per heavy atom. The minimum Gasteiger partial charge on any atom is -0.406 e. The van der Waals surface area contributed by atoms with E-state index in [9.17, 15) is 18.0 Å². The van der Waals surface area contributed by atoms with Crippen LogP contribution in [0.3, 0.4) is 0 Å². The summed E-state index contributed by atoms with van der Waals surface area (Å²) in [6.07, 6.45) is -1.94. The highest BCUT2D eigenvalue weighted by Crippen LogP contribution is 2.24. The number of piperazine rings is 1. The van der Waals surface area contributed by atoms with Crippen LogP contribution in [0.4, 0.5) is 18.9 Å². The van der Waals surface area contributed by atoms with Crippen LogP contribution in [0.2, 0.25) is 0 Å². The molecule has 0 amide bonds.